The summed E-state index contributed by atoms with van der Waals surface area (Å²) in [5.41, 5.74) is 0. The molecule has 1 rings (SSSR count). The van der Waals surface area contributed by atoms with Crippen LogP contribution in [0.4, 0.5) is 16.0 Å². The van der Waals surface area contributed by atoms with E-state index < -0.39 is 33.0 Å². The molecule has 0 spiro atoms. The van der Waals surface area contributed by atoms with E-state index in [1.54, 1.807) is 0 Å². The summed E-state index contributed by atoms with van der Waals surface area (Å²) in [6.45, 7) is 0. The third-order valence-electron chi connectivity index (χ3n) is 1.47. The minimum atomic E-state index is -1.29. The van der Waals surface area contributed by atoms with Gasteiger partial charge in [0.2, 0.25) is 11.6 Å². The number of methoxy groups -OCH3 is 1. The summed E-state index contributed by atoms with van der Waals surface area (Å²) in [6, 6.07) is 0.545. The second-order valence-electron chi connectivity index (χ2n) is 2.33. The predicted octanol–water partition coefficient (Wildman–Crippen LogP) is 1.05. The molecule has 9 heteroatoms. The van der Waals surface area contributed by atoms with E-state index in [0.29, 0.717) is 6.07 Å². The maximum Gasteiger partial charge on any atom is 0.410 e. The maximum atomic E-state index is 12.9. The van der Waals surface area contributed by atoms with Crippen molar-refractivity contribution in [3.63, 3.8) is 0 Å². The van der Waals surface area contributed by atoms with Crippen molar-refractivity contribution in [1.82, 2.24) is 4.98 Å². The lowest BCUT2D eigenvalue weighted by Gasteiger charge is -2.01. The number of hydrogen-bond donors (Lipinski definition) is 0. The third-order valence-corrected chi connectivity index (χ3v) is 1.47. The Morgan fingerprint density at radius 3 is 2.27 bits per heavy atom. The molecule has 0 amide bonds. The van der Waals surface area contributed by atoms with E-state index in [0.717, 1.165) is 7.11 Å². The molecule has 1 aromatic rings. The zero-order chi connectivity index (χ0) is 11.6. The monoisotopic (exact) mass is 217 g/mol. The highest BCUT2D eigenvalue weighted by atomic mass is 19.1. The Kier molecular flexibility index (Phi) is 2.74. The molecule has 0 aliphatic rings. The molecule has 0 N–H and O–H groups in total. The van der Waals surface area contributed by atoms with Gasteiger partial charge in [0.05, 0.1) is 7.11 Å². The average molecular weight is 217 g/mol. The van der Waals surface area contributed by atoms with E-state index in [9.17, 15) is 24.6 Å². The molecule has 0 radical (unpaired) electrons. The Balaban J connectivity index is 3.43. The Labute approximate surface area is 81.6 Å². The maximum absolute atomic E-state index is 12.9. The lowest BCUT2D eigenvalue weighted by Crippen LogP contribution is -2.02. The van der Waals surface area contributed by atoms with Crippen LogP contribution in [-0.4, -0.2) is 21.9 Å². The molecule has 15 heavy (non-hydrogen) atoms. The molecule has 0 fully saturated rings. The molecule has 0 unspecified atom stereocenters. The van der Waals surface area contributed by atoms with Gasteiger partial charge in [-0.3, -0.25) is 0 Å². The van der Waals surface area contributed by atoms with E-state index >= 15 is 0 Å². The number of nitro groups is 2. The summed E-state index contributed by atoms with van der Waals surface area (Å²) in [5.74, 6) is -3.86. The van der Waals surface area contributed by atoms with Crippen LogP contribution < -0.4 is 4.74 Å². The Hall–Kier alpha value is -2.32. The van der Waals surface area contributed by atoms with Gasteiger partial charge >= 0.3 is 11.6 Å². The quantitative estimate of drug-likeness (QED) is 0.552. The fraction of sp³-hybridized carbons (Fsp3) is 0.167. The number of hydrogen-bond acceptors (Lipinski definition) is 6. The number of aromatic nitrogens is 1. The third kappa shape index (κ3) is 1.95. The number of halogens is 1. The summed E-state index contributed by atoms with van der Waals surface area (Å²) >= 11 is 0. The van der Waals surface area contributed by atoms with Crippen molar-refractivity contribution < 1.29 is 19.0 Å². The topological polar surface area (TPSA) is 108 Å². The summed E-state index contributed by atoms with van der Waals surface area (Å²) in [4.78, 5) is 21.4. The summed E-state index contributed by atoms with van der Waals surface area (Å²) in [6.07, 6.45) is 0. The summed E-state index contributed by atoms with van der Waals surface area (Å²) < 4.78 is 17.4. The first kappa shape index (κ1) is 10.8. The van der Waals surface area contributed by atoms with Crippen LogP contribution in [0.2, 0.25) is 0 Å². The van der Waals surface area contributed by atoms with E-state index in [1.165, 1.54) is 0 Å². The van der Waals surface area contributed by atoms with Gasteiger partial charge in [-0.15, -0.1) is 0 Å². The van der Waals surface area contributed by atoms with Crippen molar-refractivity contribution in [2.24, 2.45) is 0 Å². The Bertz CT molecular complexity index is 435. The van der Waals surface area contributed by atoms with Crippen molar-refractivity contribution >= 4 is 11.6 Å². The second-order valence-corrected chi connectivity index (χ2v) is 2.33. The Morgan fingerprint density at radius 2 is 1.87 bits per heavy atom. The van der Waals surface area contributed by atoms with Gasteiger partial charge in [0, 0.05) is 11.1 Å². The van der Waals surface area contributed by atoms with Gasteiger partial charge in [0.1, 0.15) is 0 Å². The lowest BCUT2D eigenvalue weighted by atomic mass is 10.4. The van der Waals surface area contributed by atoms with E-state index in [-0.39, 0.29) is 0 Å². The molecule has 0 saturated heterocycles. The average Bonchev–Trinajstić information content (AvgIpc) is 2.16. The zero-order valence-electron chi connectivity index (χ0n) is 7.34. The standard InChI is InChI=1S/C6H4FN3O5/c1-15-4-2-3(7)5(9(11)12)8-6(4)10(13)14/h2H,1H3. The van der Waals surface area contributed by atoms with E-state index in [2.05, 4.69) is 9.72 Å². The van der Waals surface area contributed by atoms with Gasteiger partial charge in [-0.25, -0.2) is 0 Å². The largest absolute Gasteiger partial charge is 0.489 e. The van der Waals surface area contributed by atoms with Crippen LogP contribution in [0.5, 0.6) is 5.75 Å². The van der Waals surface area contributed by atoms with Gasteiger partial charge in [-0.1, -0.05) is 0 Å². The van der Waals surface area contributed by atoms with Gasteiger partial charge in [0.15, 0.2) is 0 Å². The van der Waals surface area contributed by atoms with Gasteiger partial charge in [-0.2, -0.15) is 4.39 Å². The lowest BCUT2D eigenvalue weighted by molar-refractivity contribution is -0.405. The summed E-state index contributed by atoms with van der Waals surface area (Å²) in [7, 11) is 1.06. The molecule has 0 saturated carbocycles. The first-order valence-corrected chi connectivity index (χ1v) is 3.50. The van der Waals surface area contributed by atoms with Gasteiger partial charge in [0.25, 0.3) is 0 Å². The van der Waals surface area contributed by atoms with Crippen LogP contribution >= 0.6 is 0 Å². The Morgan fingerprint density at radius 1 is 1.33 bits per heavy atom. The molecular formula is C6H4FN3O5. The van der Waals surface area contributed by atoms with Crippen LogP contribution in [0, 0.1) is 26.0 Å². The number of rotatable bonds is 3. The van der Waals surface area contributed by atoms with Crippen molar-refractivity contribution in [2.75, 3.05) is 7.11 Å². The number of pyridine rings is 1. The minimum Gasteiger partial charge on any atom is -0.489 e. The normalized spacial score (nSPS) is 9.73. The molecular weight excluding hydrogens is 213 g/mol. The van der Waals surface area contributed by atoms with Crippen LogP contribution in [0.1, 0.15) is 0 Å². The van der Waals surface area contributed by atoms with Gasteiger partial charge in [-0.05, 0) is 9.85 Å². The van der Waals surface area contributed by atoms with Crippen molar-refractivity contribution in [3.05, 3.63) is 32.1 Å². The van der Waals surface area contributed by atoms with Crippen LogP contribution in [0.15, 0.2) is 6.07 Å². The molecule has 0 bridgehead atoms. The highest BCUT2D eigenvalue weighted by molar-refractivity contribution is 5.44. The molecule has 80 valence electrons. The number of nitrogens with zero attached hydrogens (tertiary/aromatic N) is 3. The van der Waals surface area contributed by atoms with E-state index in [1.807, 2.05) is 0 Å². The van der Waals surface area contributed by atoms with Crippen molar-refractivity contribution in [2.45, 2.75) is 0 Å². The highest BCUT2D eigenvalue weighted by Crippen LogP contribution is 2.29. The number of ether oxygens (including phenoxy) is 1. The smallest absolute Gasteiger partial charge is 0.410 e. The first-order valence-electron chi connectivity index (χ1n) is 3.50. The second kappa shape index (κ2) is 3.82. The van der Waals surface area contributed by atoms with E-state index in [4.69, 9.17) is 0 Å². The molecule has 0 aliphatic heterocycles. The van der Waals surface area contributed by atoms with Gasteiger partial charge < -0.3 is 25.0 Å². The van der Waals surface area contributed by atoms with Crippen molar-refractivity contribution in [1.29, 1.82) is 0 Å². The zero-order valence-corrected chi connectivity index (χ0v) is 7.34. The molecule has 0 atom stereocenters. The molecule has 0 aromatic carbocycles. The summed E-state index contributed by atoms with van der Waals surface area (Å²) in [5, 5.41) is 20.6. The predicted molar refractivity (Wildman–Crippen MR) is 44.1 cm³/mol. The fourth-order valence-corrected chi connectivity index (χ4v) is 0.862. The van der Waals surface area contributed by atoms with Crippen LogP contribution in [0.25, 0.3) is 0 Å². The van der Waals surface area contributed by atoms with Crippen molar-refractivity contribution in [3.8, 4) is 5.75 Å². The molecule has 8 nitrogen and oxygen atoms in total. The molecule has 1 aromatic heterocycles. The molecule has 1 heterocycles. The van der Waals surface area contributed by atoms with Crippen LogP contribution in [-0.2, 0) is 0 Å². The fourth-order valence-electron chi connectivity index (χ4n) is 0.862. The van der Waals surface area contributed by atoms with Crippen LogP contribution in [0.3, 0.4) is 0 Å². The first-order chi connectivity index (χ1) is 6.97. The highest BCUT2D eigenvalue weighted by Gasteiger charge is 2.26. The SMILES string of the molecule is COc1cc(F)c([N+](=O)[O-])nc1[N+](=O)[O-]. The minimum absolute atomic E-state index is 0.469. The molecule has 0 aliphatic carbocycles.